The largest absolute Gasteiger partial charge is 0.497 e. The molecule has 0 aliphatic heterocycles. The Balaban J connectivity index is 1.69. The predicted molar refractivity (Wildman–Crippen MR) is 90.3 cm³/mol. The molecule has 2 N–H and O–H groups in total. The summed E-state index contributed by atoms with van der Waals surface area (Å²) in [5, 5.41) is 6.60. The van der Waals surface area contributed by atoms with Gasteiger partial charge in [0, 0.05) is 10.7 Å². The second-order valence-electron chi connectivity index (χ2n) is 4.44. The number of halogens is 1. The molecule has 0 saturated heterocycles. The van der Waals surface area contributed by atoms with E-state index in [0.29, 0.717) is 15.8 Å². The molecule has 3 rings (SSSR count). The molecule has 0 bridgehead atoms. The number of aromatic nitrogens is 1. The van der Waals surface area contributed by atoms with E-state index in [1.54, 1.807) is 37.4 Å². The summed E-state index contributed by atoms with van der Waals surface area (Å²) in [6.07, 6.45) is 0. The number of fused-ring (bicyclic) bond motifs is 1. The highest BCUT2D eigenvalue weighted by Crippen LogP contribution is 2.28. The summed E-state index contributed by atoms with van der Waals surface area (Å²) in [6.45, 7) is 0. The number of anilines is 2. The highest BCUT2D eigenvalue weighted by atomic mass is 35.5. The summed E-state index contributed by atoms with van der Waals surface area (Å²) < 4.78 is 5.99. The lowest BCUT2D eigenvalue weighted by Crippen LogP contribution is -2.19. The van der Waals surface area contributed by atoms with Crippen LogP contribution in [0.15, 0.2) is 42.5 Å². The predicted octanol–water partition coefficient (Wildman–Crippen LogP) is 4.60. The zero-order valence-corrected chi connectivity index (χ0v) is 13.2. The Morgan fingerprint density at radius 2 is 1.95 bits per heavy atom. The number of amides is 2. The second-order valence-corrected chi connectivity index (χ2v) is 5.91. The van der Waals surface area contributed by atoms with Crippen LogP contribution < -0.4 is 15.4 Å². The van der Waals surface area contributed by atoms with Gasteiger partial charge < -0.3 is 10.1 Å². The van der Waals surface area contributed by atoms with Gasteiger partial charge >= 0.3 is 6.03 Å². The molecule has 5 nitrogen and oxygen atoms in total. The number of thiazole rings is 1. The van der Waals surface area contributed by atoms with Crippen molar-refractivity contribution < 1.29 is 9.53 Å². The van der Waals surface area contributed by atoms with Crippen LogP contribution in [0.2, 0.25) is 5.02 Å². The van der Waals surface area contributed by atoms with Crippen molar-refractivity contribution in [2.75, 3.05) is 17.7 Å². The van der Waals surface area contributed by atoms with Crippen LogP contribution in [0.3, 0.4) is 0 Å². The lowest BCUT2D eigenvalue weighted by Gasteiger charge is -2.06. The van der Waals surface area contributed by atoms with Gasteiger partial charge in [-0.1, -0.05) is 22.9 Å². The molecular formula is C15H12ClN3O2S. The highest BCUT2D eigenvalue weighted by Gasteiger charge is 2.08. The molecule has 0 atom stereocenters. The first-order chi connectivity index (χ1) is 10.6. The van der Waals surface area contributed by atoms with Crippen LogP contribution in [0.25, 0.3) is 10.2 Å². The molecule has 0 radical (unpaired) electrons. The Labute approximate surface area is 135 Å². The number of benzene rings is 2. The van der Waals surface area contributed by atoms with Crippen LogP contribution in [-0.2, 0) is 0 Å². The molecule has 0 aliphatic carbocycles. The van der Waals surface area contributed by atoms with Crippen molar-refractivity contribution in [3.8, 4) is 5.75 Å². The van der Waals surface area contributed by atoms with E-state index in [0.717, 1.165) is 16.0 Å². The van der Waals surface area contributed by atoms with Crippen molar-refractivity contribution in [3.63, 3.8) is 0 Å². The van der Waals surface area contributed by atoms with Gasteiger partial charge in [-0.05, 0) is 42.5 Å². The van der Waals surface area contributed by atoms with Gasteiger partial charge in [-0.25, -0.2) is 9.78 Å². The Bertz CT molecular complexity index is 817. The molecule has 22 heavy (non-hydrogen) atoms. The van der Waals surface area contributed by atoms with Gasteiger partial charge in [-0.2, -0.15) is 0 Å². The van der Waals surface area contributed by atoms with Gasteiger partial charge in [-0.15, -0.1) is 0 Å². The molecular weight excluding hydrogens is 322 g/mol. The summed E-state index contributed by atoms with van der Waals surface area (Å²) in [6, 6.07) is 12.1. The zero-order chi connectivity index (χ0) is 15.5. The van der Waals surface area contributed by atoms with Crippen LogP contribution in [0.4, 0.5) is 15.6 Å². The number of methoxy groups -OCH3 is 1. The Morgan fingerprint density at radius 1 is 1.18 bits per heavy atom. The fourth-order valence-electron chi connectivity index (χ4n) is 1.89. The number of nitrogens with zero attached hydrogens (tertiary/aromatic N) is 1. The summed E-state index contributed by atoms with van der Waals surface area (Å²) in [7, 11) is 1.59. The lowest BCUT2D eigenvalue weighted by molar-refractivity contribution is 0.262. The van der Waals surface area contributed by atoms with Crippen molar-refractivity contribution >= 4 is 50.0 Å². The minimum absolute atomic E-state index is 0.352. The third-order valence-corrected chi connectivity index (χ3v) is 4.09. The first-order valence-corrected chi connectivity index (χ1v) is 7.61. The molecule has 1 heterocycles. The van der Waals surface area contributed by atoms with E-state index in [1.807, 2.05) is 12.1 Å². The van der Waals surface area contributed by atoms with Gasteiger partial charge in [0.2, 0.25) is 0 Å². The highest BCUT2D eigenvalue weighted by molar-refractivity contribution is 7.22. The third-order valence-electron chi connectivity index (χ3n) is 2.92. The van der Waals surface area contributed by atoms with Gasteiger partial charge in [0.25, 0.3) is 0 Å². The Morgan fingerprint density at radius 3 is 2.68 bits per heavy atom. The van der Waals surface area contributed by atoms with Gasteiger partial charge in [0.1, 0.15) is 5.75 Å². The molecule has 1 aromatic heterocycles. The Kier molecular flexibility index (Phi) is 4.13. The topological polar surface area (TPSA) is 63.2 Å². The van der Waals surface area contributed by atoms with Crippen LogP contribution in [0.5, 0.6) is 5.75 Å². The number of hydrogen-bond donors (Lipinski definition) is 2. The maximum absolute atomic E-state index is 12.0. The number of nitrogens with one attached hydrogen (secondary N) is 2. The van der Waals surface area contributed by atoms with Crippen LogP contribution in [0, 0.1) is 0 Å². The monoisotopic (exact) mass is 333 g/mol. The van der Waals surface area contributed by atoms with Gasteiger partial charge in [-0.3, -0.25) is 5.32 Å². The minimum atomic E-state index is -0.352. The van der Waals surface area contributed by atoms with Crippen LogP contribution in [0.1, 0.15) is 0 Å². The quantitative estimate of drug-likeness (QED) is 0.736. The smallest absolute Gasteiger partial charge is 0.325 e. The van der Waals surface area contributed by atoms with E-state index < -0.39 is 0 Å². The SMILES string of the molecule is COc1ccc(NC(=O)Nc2nc3ccc(Cl)cc3s2)cc1. The molecule has 0 spiro atoms. The molecule has 0 unspecified atom stereocenters. The zero-order valence-electron chi connectivity index (χ0n) is 11.6. The molecule has 7 heteroatoms. The normalized spacial score (nSPS) is 10.5. The first kappa shape index (κ1) is 14.6. The molecule has 2 aromatic carbocycles. The summed E-state index contributed by atoms with van der Waals surface area (Å²) in [4.78, 5) is 16.3. The number of carbonyl (C=O) groups is 1. The van der Waals surface area contributed by atoms with Crippen molar-refractivity contribution in [2.45, 2.75) is 0 Å². The average molecular weight is 334 g/mol. The number of ether oxygens (including phenoxy) is 1. The second kappa shape index (κ2) is 6.21. The van der Waals surface area contributed by atoms with Crippen molar-refractivity contribution in [2.24, 2.45) is 0 Å². The fourth-order valence-corrected chi connectivity index (χ4v) is 3.02. The van der Waals surface area contributed by atoms with Crippen LogP contribution >= 0.6 is 22.9 Å². The van der Waals surface area contributed by atoms with Gasteiger partial charge in [0.15, 0.2) is 5.13 Å². The molecule has 112 valence electrons. The van der Waals surface area contributed by atoms with Crippen molar-refractivity contribution in [3.05, 3.63) is 47.5 Å². The van der Waals surface area contributed by atoms with E-state index in [9.17, 15) is 4.79 Å². The molecule has 2 amide bonds. The molecule has 0 fully saturated rings. The standard InChI is InChI=1S/C15H12ClN3O2S/c1-21-11-5-3-10(4-6-11)17-14(20)19-15-18-12-7-2-9(16)8-13(12)22-15/h2-8H,1H3,(H2,17,18,19,20). The lowest BCUT2D eigenvalue weighted by atomic mass is 10.3. The van der Waals surface area contributed by atoms with Crippen molar-refractivity contribution in [1.82, 2.24) is 4.98 Å². The number of hydrogen-bond acceptors (Lipinski definition) is 4. The number of carbonyl (C=O) groups excluding carboxylic acids is 1. The molecule has 0 aliphatic rings. The van der Waals surface area contributed by atoms with Crippen molar-refractivity contribution in [1.29, 1.82) is 0 Å². The fraction of sp³-hybridized carbons (Fsp3) is 0.0667. The number of rotatable bonds is 3. The van der Waals surface area contributed by atoms with Crippen LogP contribution in [-0.4, -0.2) is 18.1 Å². The van der Waals surface area contributed by atoms with Gasteiger partial charge in [0.05, 0.1) is 17.3 Å². The molecule has 3 aromatic rings. The van der Waals surface area contributed by atoms with E-state index >= 15 is 0 Å². The summed E-state index contributed by atoms with van der Waals surface area (Å²) in [5.74, 6) is 0.731. The van der Waals surface area contributed by atoms with E-state index in [2.05, 4.69) is 15.6 Å². The maximum atomic E-state index is 12.0. The average Bonchev–Trinajstić information content (AvgIpc) is 2.89. The minimum Gasteiger partial charge on any atom is -0.497 e. The Hall–Kier alpha value is -2.31. The van der Waals surface area contributed by atoms with E-state index in [-0.39, 0.29) is 6.03 Å². The first-order valence-electron chi connectivity index (χ1n) is 6.42. The maximum Gasteiger partial charge on any atom is 0.325 e. The number of urea groups is 1. The molecule has 0 saturated carbocycles. The van der Waals surface area contributed by atoms with E-state index in [1.165, 1.54) is 11.3 Å². The van der Waals surface area contributed by atoms with E-state index in [4.69, 9.17) is 16.3 Å². The summed E-state index contributed by atoms with van der Waals surface area (Å²) >= 11 is 7.30. The third kappa shape index (κ3) is 3.29. The summed E-state index contributed by atoms with van der Waals surface area (Å²) in [5.41, 5.74) is 1.47.